The van der Waals surface area contributed by atoms with Gasteiger partial charge in [0.1, 0.15) is 0 Å². The van der Waals surface area contributed by atoms with Gasteiger partial charge < -0.3 is 18.9 Å². The number of carbonyl (C=O) groups is 1. The highest BCUT2D eigenvalue weighted by molar-refractivity contribution is 5.79. The summed E-state index contributed by atoms with van der Waals surface area (Å²) in [6.45, 7) is 0.553. The van der Waals surface area contributed by atoms with Crippen molar-refractivity contribution in [3.05, 3.63) is 59.5 Å². The van der Waals surface area contributed by atoms with Gasteiger partial charge in [-0.25, -0.2) is 0 Å². The van der Waals surface area contributed by atoms with Crippen molar-refractivity contribution in [2.75, 3.05) is 20.8 Å². The molecule has 0 saturated carbocycles. The molecule has 7 nitrogen and oxygen atoms in total. The Hall–Kier alpha value is -3.56. The van der Waals surface area contributed by atoms with E-state index in [1.807, 2.05) is 0 Å². The van der Waals surface area contributed by atoms with Gasteiger partial charge >= 0.3 is 6.18 Å². The van der Waals surface area contributed by atoms with Gasteiger partial charge in [0.15, 0.2) is 11.5 Å². The molecule has 168 valence electrons. The molecular formula is C22H20F3N3O4. The highest BCUT2D eigenvalue weighted by Crippen LogP contribution is 2.34. The smallest absolute Gasteiger partial charge is 0.416 e. The summed E-state index contributed by atoms with van der Waals surface area (Å²) in [5.74, 6) is 1.36. The van der Waals surface area contributed by atoms with Crippen LogP contribution in [0, 0.1) is 0 Å². The van der Waals surface area contributed by atoms with Gasteiger partial charge in [-0.05, 0) is 35.9 Å². The molecule has 0 N–H and O–H groups in total. The number of rotatable bonds is 6. The van der Waals surface area contributed by atoms with E-state index in [1.165, 1.54) is 26.4 Å². The van der Waals surface area contributed by atoms with Crippen LogP contribution in [0.4, 0.5) is 13.2 Å². The first-order valence-corrected chi connectivity index (χ1v) is 9.78. The Morgan fingerprint density at radius 1 is 1.09 bits per heavy atom. The van der Waals surface area contributed by atoms with Gasteiger partial charge in [-0.15, -0.1) is 0 Å². The summed E-state index contributed by atoms with van der Waals surface area (Å²) in [6.07, 6.45) is -4.20. The molecule has 2 aromatic carbocycles. The molecule has 4 rings (SSSR count). The highest BCUT2D eigenvalue weighted by atomic mass is 19.4. The van der Waals surface area contributed by atoms with E-state index in [-0.39, 0.29) is 24.8 Å². The van der Waals surface area contributed by atoms with Crippen LogP contribution in [0.5, 0.6) is 11.5 Å². The lowest BCUT2D eigenvalue weighted by atomic mass is 10.1. The minimum atomic E-state index is -4.39. The Bertz CT molecular complexity index is 1110. The van der Waals surface area contributed by atoms with Crippen molar-refractivity contribution < 1.29 is 32.0 Å². The molecule has 1 aliphatic heterocycles. The van der Waals surface area contributed by atoms with E-state index in [1.54, 1.807) is 23.1 Å². The Kier molecular flexibility index (Phi) is 5.77. The summed E-state index contributed by atoms with van der Waals surface area (Å²) in [6, 6.07) is 10.0. The molecule has 32 heavy (non-hydrogen) atoms. The summed E-state index contributed by atoms with van der Waals surface area (Å²) < 4.78 is 54.1. The number of benzene rings is 2. The minimum Gasteiger partial charge on any atom is -0.493 e. The first kappa shape index (κ1) is 21.7. The molecule has 1 aliphatic rings. The number of alkyl halides is 3. The van der Waals surface area contributed by atoms with E-state index < -0.39 is 11.7 Å². The first-order valence-electron chi connectivity index (χ1n) is 9.78. The van der Waals surface area contributed by atoms with Gasteiger partial charge in [0.25, 0.3) is 0 Å². The molecule has 1 fully saturated rings. The number of hydrogen-bond acceptors (Lipinski definition) is 6. The zero-order valence-corrected chi connectivity index (χ0v) is 17.3. The number of hydrogen-bond donors (Lipinski definition) is 0. The third kappa shape index (κ3) is 4.39. The van der Waals surface area contributed by atoms with Gasteiger partial charge in [0.05, 0.1) is 25.7 Å². The van der Waals surface area contributed by atoms with E-state index in [4.69, 9.17) is 14.0 Å². The molecule has 1 unspecified atom stereocenters. The van der Waals surface area contributed by atoms with E-state index in [2.05, 4.69) is 10.1 Å². The molecule has 10 heteroatoms. The molecule has 0 aliphatic carbocycles. The van der Waals surface area contributed by atoms with Crippen molar-refractivity contribution in [1.82, 2.24) is 15.0 Å². The minimum absolute atomic E-state index is 0.124. The molecule has 0 radical (unpaired) electrons. The van der Waals surface area contributed by atoms with Crippen LogP contribution in [0.1, 0.15) is 29.4 Å². The van der Waals surface area contributed by atoms with Crippen molar-refractivity contribution in [3.8, 4) is 22.9 Å². The summed E-state index contributed by atoms with van der Waals surface area (Å²) in [4.78, 5) is 18.5. The lowest BCUT2D eigenvalue weighted by molar-refractivity contribution is -0.137. The molecule has 1 aromatic heterocycles. The fourth-order valence-electron chi connectivity index (χ4n) is 3.60. The second kappa shape index (κ2) is 8.52. The molecule has 3 aromatic rings. The third-order valence-electron chi connectivity index (χ3n) is 5.30. The van der Waals surface area contributed by atoms with Crippen LogP contribution in [0.15, 0.2) is 47.0 Å². The number of likely N-dealkylation sites (tertiary alicyclic amines) is 1. The Morgan fingerprint density at radius 2 is 1.81 bits per heavy atom. The topological polar surface area (TPSA) is 77.7 Å². The second-order valence-electron chi connectivity index (χ2n) is 7.40. The predicted molar refractivity (Wildman–Crippen MR) is 107 cm³/mol. The maximum Gasteiger partial charge on any atom is 0.416 e. The van der Waals surface area contributed by atoms with E-state index in [0.29, 0.717) is 40.9 Å². The van der Waals surface area contributed by atoms with Gasteiger partial charge in [0.2, 0.25) is 17.6 Å². The highest BCUT2D eigenvalue weighted by Gasteiger charge is 2.35. The molecular weight excluding hydrogens is 427 g/mol. The monoisotopic (exact) mass is 447 g/mol. The van der Waals surface area contributed by atoms with Crippen molar-refractivity contribution in [2.45, 2.75) is 25.1 Å². The standard InChI is InChI=1S/C22H20F3N3O4/c1-30-17-8-5-14(9-18(17)31-2)20-26-21(32-27-20)15-10-19(29)28(12-15)11-13-3-6-16(7-4-13)22(23,24)25/h3-9,15H,10-12H2,1-2H3. The quantitative estimate of drug-likeness (QED) is 0.561. The number of amides is 1. The maximum atomic E-state index is 12.7. The number of halogens is 3. The SMILES string of the molecule is COc1ccc(-c2noc(C3CC(=O)N(Cc4ccc(C(F)(F)F)cc4)C3)n2)cc1OC. The molecule has 0 spiro atoms. The van der Waals surface area contributed by atoms with E-state index >= 15 is 0 Å². The van der Waals surface area contributed by atoms with Gasteiger partial charge in [-0.3, -0.25) is 4.79 Å². The van der Waals surface area contributed by atoms with E-state index in [0.717, 1.165) is 12.1 Å². The van der Waals surface area contributed by atoms with Crippen molar-refractivity contribution in [1.29, 1.82) is 0 Å². The zero-order valence-electron chi connectivity index (χ0n) is 17.3. The van der Waals surface area contributed by atoms with Crippen LogP contribution in [0.2, 0.25) is 0 Å². The fourth-order valence-corrected chi connectivity index (χ4v) is 3.60. The van der Waals surface area contributed by atoms with Crippen LogP contribution < -0.4 is 9.47 Å². The number of carbonyl (C=O) groups excluding carboxylic acids is 1. The molecule has 1 atom stereocenters. The lowest BCUT2D eigenvalue weighted by Gasteiger charge is -2.16. The maximum absolute atomic E-state index is 12.7. The Balaban J connectivity index is 1.45. The van der Waals surface area contributed by atoms with Crippen LogP contribution in [0.25, 0.3) is 11.4 Å². The summed E-state index contributed by atoms with van der Waals surface area (Å²) in [5, 5.41) is 4.01. The average molecular weight is 447 g/mol. The largest absolute Gasteiger partial charge is 0.493 e. The molecule has 1 saturated heterocycles. The van der Waals surface area contributed by atoms with E-state index in [9.17, 15) is 18.0 Å². The van der Waals surface area contributed by atoms with Crippen LogP contribution >= 0.6 is 0 Å². The van der Waals surface area contributed by atoms with Crippen molar-refractivity contribution in [2.24, 2.45) is 0 Å². The summed E-state index contributed by atoms with van der Waals surface area (Å²) in [5.41, 5.74) is 0.563. The lowest BCUT2D eigenvalue weighted by Crippen LogP contribution is -2.24. The molecule has 1 amide bonds. The van der Waals surface area contributed by atoms with Gasteiger partial charge in [-0.2, -0.15) is 18.2 Å². The fraction of sp³-hybridized carbons (Fsp3) is 0.318. The van der Waals surface area contributed by atoms with Crippen LogP contribution in [-0.2, 0) is 17.5 Å². The Morgan fingerprint density at radius 3 is 2.47 bits per heavy atom. The summed E-state index contributed by atoms with van der Waals surface area (Å²) >= 11 is 0. The number of ether oxygens (including phenoxy) is 2. The number of methoxy groups -OCH3 is 2. The second-order valence-corrected chi connectivity index (χ2v) is 7.40. The normalized spacial score (nSPS) is 16.5. The zero-order chi connectivity index (χ0) is 22.9. The van der Waals surface area contributed by atoms with Gasteiger partial charge in [0, 0.05) is 25.1 Å². The van der Waals surface area contributed by atoms with Crippen LogP contribution in [-0.4, -0.2) is 41.7 Å². The van der Waals surface area contributed by atoms with Crippen molar-refractivity contribution >= 4 is 5.91 Å². The van der Waals surface area contributed by atoms with Crippen molar-refractivity contribution in [3.63, 3.8) is 0 Å². The molecule has 2 heterocycles. The third-order valence-corrected chi connectivity index (χ3v) is 5.30. The first-order chi connectivity index (χ1) is 15.3. The predicted octanol–water partition coefficient (Wildman–Crippen LogP) is 4.29. The van der Waals surface area contributed by atoms with Gasteiger partial charge in [-0.1, -0.05) is 17.3 Å². The summed E-state index contributed by atoms with van der Waals surface area (Å²) in [7, 11) is 3.07. The Labute approximate surface area is 181 Å². The number of nitrogens with zero attached hydrogens (tertiary/aromatic N) is 3. The number of aromatic nitrogens is 2. The average Bonchev–Trinajstić information content (AvgIpc) is 3.40. The molecule has 0 bridgehead atoms. The van der Waals surface area contributed by atoms with Crippen LogP contribution in [0.3, 0.4) is 0 Å².